The van der Waals surface area contributed by atoms with E-state index in [-0.39, 0.29) is 24.6 Å². The third kappa shape index (κ3) is 5.19. The van der Waals surface area contributed by atoms with Crippen LogP contribution in [-0.4, -0.2) is 53.4 Å². The van der Waals surface area contributed by atoms with E-state index in [0.717, 1.165) is 25.3 Å². The van der Waals surface area contributed by atoms with Crippen LogP contribution in [0.5, 0.6) is 0 Å². The first kappa shape index (κ1) is 20.1. The van der Waals surface area contributed by atoms with Crippen molar-refractivity contribution in [2.45, 2.75) is 45.8 Å². The fraction of sp³-hybridized carbons (Fsp3) is 0.579. The fourth-order valence-corrected chi connectivity index (χ4v) is 3.34. The molecule has 1 saturated heterocycles. The van der Waals surface area contributed by atoms with Crippen LogP contribution in [0.4, 0.5) is 17.5 Å². The van der Waals surface area contributed by atoms with Crippen molar-refractivity contribution in [3.8, 4) is 0 Å². The average molecular weight is 388 g/mol. The van der Waals surface area contributed by atoms with Gasteiger partial charge in [0.1, 0.15) is 23.7 Å². The molecule has 152 valence electrons. The van der Waals surface area contributed by atoms with Gasteiger partial charge in [-0.3, -0.25) is 4.79 Å². The number of amides is 1. The van der Waals surface area contributed by atoms with Crippen molar-refractivity contribution in [2.24, 2.45) is 5.92 Å². The van der Waals surface area contributed by atoms with E-state index in [1.54, 1.807) is 24.9 Å². The number of hydrogen-bond donors (Lipinski definition) is 2. The van der Waals surface area contributed by atoms with Crippen LogP contribution in [0, 0.1) is 12.8 Å². The number of rotatable bonds is 7. The summed E-state index contributed by atoms with van der Waals surface area (Å²) in [6, 6.07) is 3.72. The molecule has 0 radical (unpaired) electrons. The first-order chi connectivity index (χ1) is 13.4. The van der Waals surface area contributed by atoms with Gasteiger partial charge < -0.3 is 24.8 Å². The lowest BCUT2D eigenvalue weighted by molar-refractivity contribution is -0.115. The van der Waals surface area contributed by atoms with E-state index in [1.165, 1.54) is 6.33 Å². The molecular weight excluding hydrogens is 360 g/mol. The van der Waals surface area contributed by atoms with Crippen LogP contribution >= 0.6 is 0 Å². The number of aryl methyl sites for hydroxylation is 1. The molecule has 28 heavy (non-hydrogen) atoms. The van der Waals surface area contributed by atoms with Gasteiger partial charge in [0.05, 0.1) is 18.7 Å². The van der Waals surface area contributed by atoms with Gasteiger partial charge >= 0.3 is 0 Å². The van der Waals surface area contributed by atoms with Gasteiger partial charge in [0.2, 0.25) is 5.91 Å². The van der Waals surface area contributed by atoms with Crippen molar-refractivity contribution in [3.05, 3.63) is 24.2 Å². The number of anilines is 3. The number of carbonyl (C=O) groups is 1. The summed E-state index contributed by atoms with van der Waals surface area (Å²) in [5, 5.41) is 9.94. The summed E-state index contributed by atoms with van der Waals surface area (Å²) in [4.78, 5) is 22.6. The average Bonchev–Trinajstić information content (AvgIpc) is 3.06. The van der Waals surface area contributed by atoms with Gasteiger partial charge in [-0.1, -0.05) is 19.0 Å². The molecule has 0 spiro atoms. The zero-order chi connectivity index (χ0) is 20.1. The summed E-state index contributed by atoms with van der Waals surface area (Å²) < 4.78 is 10.9. The predicted octanol–water partition coefficient (Wildman–Crippen LogP) is 2.46. The second-order valence-electron chi connectivity index (χ2n) is 7.46. The van der Waals surface area contributed by atoms with E-state index in [9.17, 15) is 4.79 Å². The van der Waals surface area contributed by atoms with Crippen LogP contribution < -0.4 is 15.5 Å². The van der Waals surface area contributed by atoms with Crippen LogP contribution in [0.1, 0.15) is 32.4 Å². The zero-order valence-electron chi connectivity index (χ0n) is 16.8. The molecule has 2 unspecified atom stereocenters. The van der Waals surface area contributed by atoms with Gasteiger partial charge in [-0.15, -0.1) is 0 Å². The molecule has 2 aromatic heterocycles. The normalized spacial score (nSPS) is 19.5. The Kier molecular flexibility index (Phi) is 6.45. The molecule has 3 heterocycles. The fourth-order valence-electron chi connectivity index (χ4n) is 3.34. The standard InChI is InChI=1S/C19H28N6O3/c1-12(2)19-14(6-5-7-27-19)22-15-9-17(21-11-20-15)25(4)10-18(26)23-16-8-13(3)28-24-16/h8-9,11-12,14,19H,5-7,10H2,1-4H3,(H,20,21,22)(H,23,24,26). The second-order valence-corrected chi connectivity index (χ2v) is 7.46. The lowest BCUT2D eigenvalue weighted by Crippen LogP contribution is -2.43. The SMILES string of the molecule is Cc1cc(NC(=O)CN(C)c2cc(NC3CCCOC3C(C)C)ncn2)no1. The van der Waals surface area contributed by atoms with Crippen molar-refractivity contribution >= 4 is 23.4 Å². The maximum Gasteiger partial charge on any atom is 0.245 e. The summed E-state index contributed by atoms with van der Waals surface area (Å²) in [5.41, 5.74) is 0. The van der Waals surface area contributed by atoms with Crippen LogP contribution in [0.25, 0.3) is 0 Å². The Morgan fingerprint density at radius 2 is 2.14 bits per heavy atom. The first-order valence-corrected chi connectivity index (χ1v) is 9.57. The molecule has 0 saturated carbocycles. The van der Waals surface area contributed by atoms with E-state index >= 15 is 0 Å². The van der Waals surface area contributed by atoms with Gasteiger partial charge in [0, 0.05) is 25.8 Å². The highest BCUT2D eigenvalue weighted by Gasteiger charge is 2.28. The summed E-state index contributed by atoms with van der Waals surface area (Å²) in [5.74, 6) is 2.64. The lowest BCUT2D eigenvalue weighted by atomic mass is 9.94. The number of hydrogen-bond acceptors (Lipinski definition) is 8. The van der Waals surface area contributed by atoms with Crippen LogP contribution in [0.2, 0.25) is 0 Å². The van der Waals surface area contributed by atoms with Gasteiger partial charge in [-0.05, 0) is 25.7 Å². The monoisotopic (exact) mass is 388 g/mol. The second kappa shape index (κ2) is 9.01. The summed E-state index contributed by atoms with van der Waals surface area (Å²) >= 11 is 0. The number of ether oxygens (including phenoxy) is 1. The molecule has 3 rings (SSSR count). The lowest BCUT2D eigenvalue weighted by Gasteiger charge is -2.35. The third-order valence-electron chi connectivity index (χ3n) is 4.68. The van der Waals surface area contributed by atoms with E-state index in [2.05, 4.69) is 39.6 Å². The van der Waals surface area contributed by atoms with Crippen LogP contribution in [-0.2, 0) is 9.53 Å². The number of aromatic nitrogens is 3. The number of nitrogens with one attached hydrogen (secondary N) is 2. The maximum atomic E-state index is 12.2. The highest BCUT2D eigenvalue weighted by molar-refractivity contribution is 5.93. The quantitative estimate of drug-likeness (QED) is 0.745. The maximum absolute atomic E-state index is 12.2. The van der Waals surface area contributed by atoms with E-state index in [4.69, 9.17) is 9.26 Å². The topological polar surface area (TPSA) is 105 Å². The number of carbonyl (C=O) groups excluding carboxylic acids is 1. The predicted molar refractivity (Wildman–Crippen MR) is 106 cm³/mol. The minimum atomic E-state index is -0.204. The van der Waals surface area contributed by atoms with E-state index < -0.39 is 0 Å². The molecule has 1 amide bonds. The highest BCUT2D eigenvalue weighted by Crippen LogP contribution is 2.24. The van der Waals surface area contributed by atoms with Crippen molar-refractivity contribution in [1.29, 1.82) is 0 Å². The Hall–Kier alpha value is -2.68. The van der Waals surface area contributed by atoms with Crippen molar-refractivity contribution in [3.63, 3.8) is 0 Å². The first-order valence-electron chi connectivity index (χ1n) is 9.57. The Labute approximate surface area is 164 Å². The summed E-state index contributed by atoms with van der Waals surface area (Å²) in [7, 11) is 1.81. The molecule has 2 N–H and O–H groups in total. The van der Waals surface area contributed by atoms with E-state index in [0.29, 0.717) is 23.3 Å². The Morgan fingerprint density at radius 1 is 1.32 bits per heavy atom. The molecule has 9 heteroatoms. The molecule has 9 nitrogen and oxygen atoms in total. The molecule has 2 atom stereocenters. The molecule has 0 bridgehead atoms. The number of nitrogens with zero attached hydrogens (tertiary/aromatic N) is 4. The van der Waals surface area contributed by atoms with Gasteiger partial charge in [0.25, 0.3) is 0 Å². The molecule has 1 aliphatic rings. The van der Waals surface area contributed by atoms with E-state index in [1.807, 2.05) is 6.07 Å². The molecule has 1 aliphatic heterocycles. The van der Waals surface area contributed by atoms with Crippen molar-refractivity contribution in [2.75, 3.05) is 35.7 Å². The van der Waals surface area contributed by atoms with Crippen LogP contribution in [0.3, 0.4) is 0 Å². The molecular formula is C19H28N6O3. The third-order valence-corrected chi connectivity index (χ3v) is 4.68. The van der Waals surface area contributed by atoms with Crippen LogP contribution in [0.15, 0.2) is 23.0 Å². The van der Waals surface area contributed by atoms with Gasteiger partial charge in [0.15, 0.2) is 5.82 Å². The Bertz CT molecular complexity index is 793. The smallest absolute Gasteiger partial charge is 0.245 e. The van der Waals surface area contributed by atoms with Crippen molar-refractivity contribution < 1.29 is 14.1 Å². The van der Waals surface area contributed by atoms with Gasteiger partial charge in [-0.2, -0.15) is 0 Å². The summed E-state index contributed by atoms with van der Waals surface area (Å²) in [6.45, 7) is 7.03. The molecule has 0 aliphatic carbocycles. The highest BCUT2D eigenvalue weighted by atomic mass is 16.5. The minimum Gasteiger partial charge on any atom is -0.376 e. The molecule has 2 aromatic rings. The molecule has 1 fully saturated rings. The summed E-state index contributed by atoms with van der Waals surface area (Å²) in [6.07, 6.45) is 3.72. The molecule has 0 aromatic carbocycles. The number of likely N-dealkylation sites (N-methyl/N-ethyl adjacent to an activating group) is 1. The van der Waals surface area contributed by atoms with Crippen molar-refractivity contribution in [1.82, 2.24) is 15.1 Å². The largest absolute Gasteiger partial charge is 0.376 e. The zero-order valence-corrected chi connectivity index (χ0v) is 16.8. The van der Waals surface area contributed by atoms with Gasteiger partial charge in [-0.25, -0.2) is 9.97 Å². The Morgan fingerprint density at radius 3 is 2.86 bits per heavy atom. The minimum absolute atomic E-state index is 0.128. The Balaban J connectivity index is 1.60.